The minimum Gasteiger partial charge on any atom is -0.393 e. The summed E-state index contributed by atoms with van der Waals surface area (Å²) in [5.74, 6) is 0.0928. The fraction of sp³-hybridized carbons (Fsp3) is 1.00. The van der Waals surface area contributed by atoms with Crippen LogP contribution < -0.4 is 4.72 Å². The first kappa shape index (κ1) is 14.8. The van der Waals surface area contributed by atoms with Crippen LogP contribution in [-0.2, 0) is 14.8 Å². The van der Waals surface area contributed by atoms with Gasteiger partial charge in [-0.2, -0.15) is 0 Å². The molecular weight excluding hydrogens is 218 g/mol. The summed E-state index contributed by atoms with van der Waals surface area (Å²) >= 11 is 0. The molecule has 0 aliphatic heterocycles. The highest BCUT2D eigenvalue weighted by molar-refractivity contribution is 7.89. The first-order valence-corrected chi connectivity index (χ1v) is 6.77. The average molecular weight is 239 g/mol. The van der Waals surface area contributed by atoms with Gasteiger partial charge in [0.05, 0.1) is 11.9 Å². The summed E-state index contributed by atoms with van der Waals surface area (Å²) < 4.78 is 29.9. The highest BCUT2D eigenvalue weighted by atomic mass is 32.2. The van der Waals surface area contributed by atoms with E-state index in [0.29, 0.717) is 32.4 Å². The first-order chi connectivity index (χ1) is 6.98. The van der Waals surface area contributed by atoms with Gasteiger partial charge in [0, 0.05) is 20.3 Å². The van der Waals surface area contributed by atoms with Gasteiger partial charge in [0.25, 0.3) is 0 Å². The van der Waals surface area contributed by atoms with Crippen LogP contribution in [0, 0.1) is 0 Å². The Bertz CT molecular complexity index is 238. The van der Waals surface area contributed by atoms with Crippen LogP contribution in [0.2, 0.25) is 0 Å². The van der Waals surface area contributed by atoms with Gasteiger partial charge in [-0.15, -0.1) is 0 Å². The largest absolute Gasteiger partial charge is 0.393 e. The maximum absolute atomic E-state index is 11.3. The second-order valence-electron chi connectivity index (χ2n) is 3.55. The summed E-state index contributed by atoms with van der Waals surface area (Å²) in [5, 5.41) is 8.96. The van der Waals surface area contributed by atoms with Crippen LogP contribution in [0.1, 0.15) is 26.2 Å². The number of hydrogen-bond acceptors (Lipinski definition) is 4. The summed E-state index contributed by atoms with van der Waals surface area (Å²) in [6.45, 7) is 2.53. The van der Waals surface area contributed by atoms with Crippen molar-refractivity contribution >= 4 is 10.0 Å². The van der Waals surface area contributed by atoms with Crippen molar-refractivity contribution in [1.29, 1.82) is 0 Å². The van der Waals surface area contributed by atoms with E-state index in [-0.39, 0.29) is 11.9 Å². The van der Waals surface area contributed by atoms with Gasteiger partial charge in [0.2, 0.25) is 10.0 Å². The summed E-state index contributed by atoms with van der Waals surface area (Å²) in [7, 11) is -1.62. The molecule has 15 heavy (non-hydrogen) atoms. The van der Waals surface area contributed by atoms with Crippen molar-refractivity contribution in [1.82, 2.24) is 4.72 Å². The number of aliphatic hydroxyl groups excluding tert-OH is 1. The zero-order valence-electron chi connectivity index (χ0n) is 9.40. The molecular formula is C9H21NO4S. The van der Waals surface area contributed by atoms with E-state index in [2.05, 4.69) is 4.72 Å². The van der Waals surface area contributed by atoms with Gasteiger partial charge in [0.15, 0.2) is 0 Å². The molecule has 0 fully saturated rings. The molecule has 92 valence electrons. The van der Waals surface area contributed by atoms with Crippen molar-refractivity contribution in [2.24, 2.45) is 0 Å². The van der Waals surface area contributed by atoms with Gasteiger partial charge < -0.3 is 9.84 Å². The van der Waals surface area contributed by atoms with Gasteiger partial charge in [-0.3, -0.25) is 0 Å². The maximum Gasteiger partial charge on any atom is 0.211 e. The summed E-state index contributed by atoms with van der Waals surface area (Å²) in [6, 6.07) is 0. The molecule has 2 N–H and O–H groups in total. The maximum atomic E-state index is 11.3. The second kappa shape index (κ2) is 8.04. The van der Waals surface area contributed by atoms with Gasteiger partial charge >= 0.3 is 0 Å². The van der Waals surface area contributed by atoms with Crippen molar-refractivity contribution in [2.75, 3.05) is 26.0 Å². The van der Waals surface area contributed by atoms with E-state index < -0.39 is 10.0 Å². The molecule has 0 saturated heterocycles. The SMILES string of the molecule is COCCCS(=O)(=O)NCCCC(C)O. The van der Waals surface area contributed by atoms with E-state index in [9.17, 15) is 8.42 Å². The highest BCUT2D eigenvalue weighted by Gasteiger charge is 2.08. The van der Waals surface area contributed by atoms with Gasteiger partial charge in [-0.25, -0.2) is 13.1 Å². The first-order valence-electron chi connectivity index (χ1n) is 5.12. The van der Waals surface area contributed by atoms with E-state index in [4.69, 9.17) is 9.84 Å². The molecule has 1 unspecified atom stereocenters. The third-order valence-electron chi connectivity index (χ3n) is 1.88. The number of sulfonamides is 1. The van der Waals surface area contributed by atoms with E-state index in [1.54, 1.807) is 14.0 Å². The Morgan fingerprint density at radius 2 is 2.07 bits per heavy atom. The summed E-state index contributed by atoms with van der Waals surface area (Å²) in [5.41, 5.74) is 0. The summed E-state index contributed by atoms with van der Waals surface area (Å²) in [4.78, 5) is 0. The van der Waals surface area contributed by atoms with Crippen molar-refractivity contribution in [3.05, 3.63) is 0 Å². The lowest BCUT2D eigenvalue weighted by molar-refractivity contribution is 0.182. The molecule has 0 aliphatic rings. The Morgan fingerprint density at radius 1 is 1.40 bits per heavy atom. The normalized spacial score (nSPS) is 14.1. The third-order valence-corrected chi connectivity index (χ3v) is 3.35. The number of aliphatic hydroxyl groups is 1. The monoisotopic (exact) mass is 239 g/mol. The molecule has 0 saturated carbocycles. The van der Waals surface area contributed by atoms with Gasteiger partial charge in [-0.1, -0.05) is 0 Å². The molecule has 0 radical (unpaired) electrons. The molecule has 0 aromatic carbocycles. The van der Waals surface area contributed by atoms with Crippen LogP contribution in [0.4, 0.5) is 0 Å². The van der Waals surface area contributed by atoms with Gasteiger partial charge in [-0.05, 0) is 26.2 Å². The zero-order chi connectivity index (χ0) is 11.7. The molecule has 0 rings (SSSR count). The lowest BCUT2D eigenvalue weighted by Crippen LogP contribution is -2.28. The third kappa shape index (κ3) is 10.1. The van der Waals surface area contributed by atoms with Crippen LogP contribution in [0.5, 0.6) is 0 Å². The molecule has 0 aromatic heterocycles. The van der Waals surface area contributed by atoms with Crippen LogP contribution in [0.15, 0.2) is 0 Å². The minimum atomic E-state index is -3.16. The number of rotatable bonds is 9. The number of hydrogen-bond donors (Lipinski definition) is 2. The van der Waals surface area contributed by atoms with Crippen LogP contribution in [-0.4, -0.2) is 45.6 Å². The zero-order valence-corrected chi connectivity index (χ0v) is 10.2. The van der Waals surface area contributed by atoms with Crippen molar-refractivity contribution in [3.8, 4) is 0 Å². The Morgan fingerprint density at radius 3 is 2.60 bits per heavy atom. The Hall–Kier alpha value is -0.170. The molecule has 6 heteroatoms. The fourth-order valence-electron chi connectivity index (χ4n) is 1.09. The summed E-state index contributed by atoms with van der Waals surface area (Å²) in [6.07, 6.45) is 1.40. The molecule has 0 heterocycles. The van der Waals surface area contributed by atoms with Crippen molar-refractivity contribution in [3.63, 3.8) is 0 Å². The standard InChI is InChI=1S/C9H21NO4S/c1-9(11)5-3-6-10-15(12,13)8-4-7-14-2/h9-11H,3-8H2,1-2H3. The highest BCUT2D eigenvalue weighted by Crippen LogP contribution is 1.96. The minimum absolute atomic E-state index is 0.0928. The smallest absolute Gasteiger partial charge is 0.211 e. The lowest BCUT2D eigenvalue weighted by Gasteiger charge is -2.07. The van der Waals surface area contributed by atoms with E-state index in [1.165, 1.54) is 0 Å². The quantitative estimate of drug-likeness (QED) is 0.560. The Labute approximate surface area is 91.9 Å². The predicted molar refractivity (Wildman–Crippen MR) is 59.2 cm³/mol. The topological polar surface area (TPSA) is 75.6 Å². The molecule has 5 nitrogen and oxygen atoms in total. The van der Waals surface area contributed by atoms with E-state index in [1.807, 2.05) is 0 Å². The van der Waals surface area contributed by atoms with Crippen molar-refractivity contribution in [2.45, 2.75) is 32.3 Å². The second-order valence-corrected chi connectivity index (χ2v) is 5.48. The molecule has 0 bridgehead atoms. The van der Waals surface area contributed by atoms with Gasteiger partial charge in [0.1, 0.15) is 0 Å². The average Bonchev–Trinajstić information content (AvgIpc) is 2.13. The number of nitrogens with one attached hydrogen (secondary N) is 1. The molecule has 0 aromatic rings. The Kier molecular flexibility index (Phi) is 7.95. The molecule has 1 atom stereocenters. The number of ether oxygens (including phenoxy) is 1. The van der Waals surface area contributed by atoms with E-state index >= 15 is 0 Å². The van der Waals surface area contributed by atoms with Crippen molar-refractivity contribution < 1.29 is 18.3 Å². The molecule has 0 spiro atoms. The number of methoxy groups -OCH3 is 1. The lowest BCUT2D eigenvalue weighted by atomic mass is 10.2. The van der Waals surface area contributed by atoms with Crippen LogP contribution >= 0.6 is 0 Å². The fourth-order valence-corrected chi connectivity index (χ4v) is 2.19. The molecule has 0 aliphatic carbocycles. The van der Waals surface area contributed by atoms with E-state index in [0.717, 1.165) is 0 Å². The Balaban J connectivity index is 3.56. The predicted octanol–water partition coefficient (Wildman–Crippen LogP) is 0.103. The van der Waals surface area contributed by atoms with Crippen LogP contribution in [0.3, 0.4) is 0 Å². The molecule has 0 amide bonds. The van der Waals surface area contributed by atoms with Crippen LogP contribution in [0.25, 0.3) is 0 Å².